The van der Waals surface area contributed by atoms with Gasteiger partial charge in [-0.2, -0.15) is 0 Å². The minimum Gasteiger partial charge on any atom is -0.497 e. The van der Waals surface area contributed by atoms with E-state index in [1.807, 2.05) is 31.3 Å². The van der Waals surface area contributed by atoms with Crippen LogP contribution < -0.4 is 15.0 Å². The third kappa shape index (κ3) is 4.55. The van der Waals surface area contributed by atoms with E-state index in [4.69, 9.17) is 4.74 Å². The second-order valence-corrected chi connectivity index (χ2v) is 4.58. The van der Waals surface area contributed by atoms with Gasteiger partial charge in [-0.1, -0.05) is 12.1 Å². The van der Waals surface area contributed by atoms with E-state index >= 15 is 0 Å². The van der Waals surface area contributed by atoms with Crippen molar-refractivity contribution in [2.45, 2.75) is 19.5 Å². The summed E-state index contributed by atoms with van der Waals surface area (Å²) in [4.78, 5) is 23.8. The summed E-state index contributed by atoms with van der Waals surface area (Å²) in [6.45, 7) is 2.40. The van der Waals surface area contributed by atoms with E-state index in [1.54, 1.807) is 14.0 Å². The maximum Gasteiger partial charge on any atom is 0.413 e. The standard InChI is InChI=1S/C14H20N2O4/c1-10(13(17)15-14(18)20-4)16(2)9-11-6-5-7-12(8-11)19-3/h5-8,10H,9H2,1-4H3,(H,15,17,18)/p+1/t10-/m0/s1. The number of imide groups is 1. The first-order valence-electron chi connectivity index (χ1n) is 6.32. The van der Waals surface area contributed by atoms with E-state index in [0.29, 0.717) is 6.54 Å². The number of likely N-dealkylation sites (N-methyl/N-ethyl adjacent to an activating group) is 1. The average Bonchev–Trinajstić information content (AvgIpc) is 2.46. The summed E-state index contributed by atoms with van der Waals surface area (Å²) < 4.78 is 9.56. The predicted octanol–water partition coefficient (Wildman–Crippen LogP) is -0.0190. The summed E-state index contributed by atoms with van der Waals surface area (Å²) >= 11 is 0. The molecule has 1 aromatic rings. The van der Waals surface area contributed by atoms with E-state index in [2.05, 4.69) is 10.1 Å². The molecule has 6 heteroatoms. The molecule has 2 amide bonds. The summed E-state index contributed by atoms with van der Waals surface area (Å²) in [5.41, 5.74) is 1.06. The van der Waals surface area contributed by atoms with Crippen LogP contribution in [0.1, 0.15) is 12.5 Å². The van der Waals surface area contributed by atoms with Gasteiger partial charge in [0.1, 0.15) is 12.3 Å². The molecular weight excluding hydrogens is 260 g/mol. The fraction of sp³-hybridized carbons (Fsp3) is 0.429. The zero-order valence-corrected chi connectivity index (χ0v) is 12.2. The summed E-state index contributed by atoms with van der Waals surface area (Å²) in [5.74, 6) is 0.416. The van der Waals surface area contributed by atoms with Gasteiger partial charge in [-0.05, 0) is 19.1 Å². The fourth-order valence-corrected chi connectivity index (χ4v) is 1.74. The van der Waals surface area contributed by atoms with Crippen molar-refractivity contribution in [2.24, 2.45) is 0 Å². The number of methoxy groups -OCH3 is 2. The van der Waals surface area contributed by atoms with Gasteiger partial charge in [0.15, 0.2) is 6.04 Å². The molecule has 1 rings (SSSR count). The van der Waals surface area contributed by atoms with Crippen LogP contribution in [-0.2, 0) is 16.1 Å². The Morgan fingerprint density at radius 1 is 1.35 bits per heavy atom. The molecule has 0 aromatic heterocycles. The number of alkyl carbamates (subject to hydrolysis) is 1. The lowest BCUT2D eigenvalue weighted by molar-refractivity contribution is -0.908. The van der Waals surface area contributed by atoms with Gasteiger partial charge in [-0.15, -0.1) is 0 Å². The van der Waals surface area contributed by atoms with E-state index in [0.717, 1.165) is 16.2 Å². The van der Waals surface area contributed by atoms with Gasteiger partial charge in [0.25, 0.3) is 5.91 Å². The molecule has 0 aliphatic carbocycles. The number of nitrogens with one attached hydrogen (secondary N) is 2. The highest BCUT2D eigenvalue weighted by molar-refractivity contribution is 5.93. The first-order valence-corrected chi connectivity index (χ1v) is 6.32. The molecule has 1 unspecified atom stereocenters. The zero-order chi connectivity index (χ0) is 15.1. The number of amides is 2. The van der Waals surface area contributed by atoms with Crippen molar-refractivity contribution in [2.75, 3.05) is 21.3 Å². The number of carbonyl (C=O) groups is 2. The van der Waals surface area contributed by atoms with Crippen LogP contribution >= 0.6 is 0 Å². The van der Waals surface area contributed by atoms with Crippen molar-refractivity contribution in [1.29, 1.82) is 0 Å². The highest BCUT2D eigenvalue weighted by Gasteiger charge is 2.23. The molecule has 6 nitrogen and oxygen atoms in total. The first kappa shape index (κ1) is 16.0. The molecule has 0 radical (unpaired) electrons. The van der Waals surface area contributed by atoms with Crippen LogP contribution in [0.25, 0.3) is 0 Å². The lowest BCUT2D eigenvalue weighted by Gasteiger charge is -2.20. The smallest absolute Gasteiger partial charge is 0.413 e. The number of hydrogen-bond donors (Lipinski definition) is 2. The Hall–Kier alpha value is -2.08. The maximum absolute atomic E-state index is 11.8. The minimum absolute atomic E-state index is 0.364. The van der Waals surface area contributed by atoms with E-state index in [-0.39, 0.29) is 11.9 Å². The normalized spacial score (nSPS) is 13.2. The van der Waals surface area contributed by atoms with Crippen LogP contribution in [0.5, 0.6) is 5.75 Å². The fourth-order valence-electron chi connectivity index (χ4n) is 1.74. The third-order valence-corrected chi connectivity index (χ3v) is 3.16. The quantitative estimate of drug-likeness (QED) is 0.796. The zero-order valence-electron chi connectivity index (χ0n) is 12.2. The summed E-state index contributed by atoms with van der Waals surface area (Å²) in [7, 11) is 4.73. The molecular formula is C14H21N2O4+. The Morgan fingerprint density at radius 2 is 2.05 bits per heavy atom. The Morgan fingerprint density at radius 3 is 2.65 bits per heavy atom. The molecule has 0 saturated carbocycles. The molecule has 1 aromatic carbocycles. The molecule has 0 spiro atoms. The topological polar surface area (TPSA) is 69.1 Å². The molecule has 0 heterocycles. The highest BCUT2D eigenvalue weighted by atomic mass is 16.5. The number of quaternary nitrogens is 1. The van der Waals surface area contributed by atoms with E-state index in [9.17, 15) is 9.59 Å². The van der Waals surface area contributed by atoms with Gasteiger partial charge in [-0.3, -0.25) is 10.1 Å². The highest BCUT2D eigenvalue weighted by Crippen LogP contribution is 2.11. The first-order chi connectivity index (χ1) is 9.47. The van der Waals surface area contributed by atoms with Gasteiger partial charge in [0.2, 0.25) is 0 Å². The molecule has 2 atom stereocenters. The van der Waals surface area contributed by atoms with E-state index < -0.39 is 6.09 Å². The Labute approximate surface area is 118 Å². The van der Waals surface area contributed by atoms with Gasteiger partial charge < -0.3 is 14.4 Å². The van der Waals surface area contributed by atoms with Gasteiger partial charge in [0, 0.05) is 5.56 Å². The van der Waals surface area contributed by atoms with Gasteiger partial charge in [0.05, 0.1) is 21.3 Å². The Bertz CT molecular complexity index is 476. The molecule has 20 heavy (non-hydrogen) atoms. The van der Waals surface area contributed by atoms with Crippen LogP contribution in [0.3, 0.4) is 0 Å². The Balaban J connectivity index is 2.62. The Kier molecular flexibility index (Phi) is 5.99. The van der Waals surface area contributed by atoms with Gasteiger partial charge in [-0.25, -0.2) is 4.79 Å². The number of rotatable bonds is 5. The monoisotopic (exact) mass is 281 g/mol. The number of benzene rings is 1. The van der Waals surface area contributed by atoms with Crippen molar-refractivity contribution < 1.29 is 24.0 Å². The van der Waals surface area contributed by atoms with Crippen LogP contribution in [-0.4, -0.2) is 39.3 Å². The van der Waals surface area contributed by atoms with Crippen LogP contribution in [0, 0.1) is 0 Å². The molecule has 0 bridgehead atoms. The third-order valence-electron chi connectivity index (χ3n) is 3.16. The van der Waals surface area contributed by atoms with Crippen molar-refractivity contribution >= 4 is 12.0 Å². The molecule has 0 aliphatic rings. The summed E-state index contributed by atoms with van der Waals surface area (Å²) in [6, 6.07) is 7.29. The largest absolute Gasteiger partial charge is 0.497 e. The molecule has 110 valence electrons. The number of ether oxygens (including phenoxy) is 2. The maximum atomic E-state index is 11.8. The lowest BCUT2D eigenvalue weighted by atomic mass is 10.2. The number of carbonyl (C=O) groups excluding carboxylic acids is 2. The molecule has 0 aliphatic heterocycles. The van der Waals surface area contributed by atoms with Crippen molar-refractivity contribution in [3.05, 3.63) is 29.8 Å². The van der Waals surface area contributed by atoms with Crippen LogP contribution in [0.2, 0.25) is 0 Å². The van der Waals surface area contributed by atoms with Crippen LogP contribution in [0.15, 0.2) is 24.3 Å². The SMILES string of the molecule is COC(=O)NC(=O)[C@H](C)[NH+](C)Cc1cccc(OC)c1. The minimum atomic E-state index is -0.740. The summed E-state index contributed by atoms with van der Waals surface area (Å²) in [6.07, 6.45) is -0.740. The predicted molar refractivity (Wildman–Crippen MR) is 73.6 cm³/mol. The van der Waals surface area contributed by atoms with E-state index in [1.165, 1.54) is 7.11 Å². The molecule has 0 saturated heterocycles. The second-order valence-electron chi connectivity index (χ2n) is 4.58. The van der Waals surface area contributed by atoms with Crippen LogP contribution in [0.4, 0.5) is 4.79 Å². The number of hydrogen-bond acceptors (Lipinski definition) is 4. The average molecular weight is 281 g/mol. The second kappa shape index (κ2) is 7.49. The molecule has 2 N–H and O–H groups in total. The molecule has 0 fully saturated rings. The van der Waals surface area contributed by atoms with Crippen molar-refractivity contribution in [3.63, 3.8) is 0 Å². The van der Waals surface area contributed by atoms with Gasteiger partial charge >= 0.3 is 6.09 Å². The lowest BCUT2D eigenvalue weighted by Crippen LogP contribution is -3.12. The van der Waals surface area contributed by atoms with Crippen molar-refractivity contribution in [1.82, 2.24) is 5.32 Å². The van der Waals surface area contributed by atoms with Crippen molar-refractivity contribution in [3.8, 4) is 5.75 Å². The summed E-state index contributed by atoms with van der Waals surface area (Å²) in [5, 5.41) is 2.17.